The van der Waals surface area contributed by atoms with Crippen molar-refractivity contribution in [3.63, 3.8) is 0 Å². The molecule has 2 aliphatic rings. The summed E-state index contributed by atoms with van der Waals surface area (Å²) < 4.78 is 5.69. The largest absolute Gasteiger partial charge is 0.373 e. The van der Waals surface area contributed by atoms with Crippen LogP contribution in [-0.2, 0) is 4.74 Å². The van der Waals surface area contributed by atoms with Gasteiger partial charge in [0.1, 0.15) is 0 Å². The summed E-state index contributed by atoms with van der Waals surface area (Å²) in [5.41, 5.74) is 0. The fourth-order valence-corrected chi connectivity index (χ4v) is 2.18. The van der Waals surface area contributed by atoms with Crippen LogP contribution in [0.25, 0.3) is 0 Å². The van der Waals surface area contributed by atoms with Gasteiger partial charge in [0.15, 0.2) is 0 Å². The molecular formula is C11H22N2O. The summed E-state index contributed by atoms with van der Waals surface area (Å²) in [4.78, 5) is 2.51. The van der Waals surface area contributed by atoms with Crippen LogP contribution in [0.1, 0.15) is 26.7 Å². The number of hydrogen-bond donors (Lipinski definition) is 1. The summed E-state index contributed by atoms with van der Waals surface area (Å²) in [7, 11) is 0. The third-order valence-corrected chi connectivity index (χ3v) is 2.93. The van der Waals surface area contributed by atoms with Crippen molar-refractivity contribution in [2.45, 2.75) is 44.9 Å². The minimum Gasteiger partial charge on any atom is -0.373 e. The Balaban J connectivity index is 1.62. The first kappa shape index (κ1) is 10.4. The molecule has 2 rings (SSSR count). The van der Waals surface area contributed by atoms with Gasteiger partial charge in [0.25, 0.3) is 0 Å². The number of hydrogen-bond acceptors (Lipinski definition) is 3. The molecule has 1 saturated heterocycles. The molecule has 0 radical (unpaired) electrons. The summed E-state index contributed by atoms with van der Waals surface area (Å²) in [6.45, 7) is 8.83. The molecule has 14 heavy (non-hydrogen) atoms. The Labute approximate surface area is 86.8 Å². The maximum absolute atomic E-state index is 5.69. The molecule has 0 amide bonds. The molecule has 0 aromatic rings. The first-order valence-electron chi connectivity index (χ1n) is 5.85. The van der Waals surface area contributed by atoms with Crippen LogP contribution in [0.5, 0.6) is 0 Å². The number of nitrogens with zero attached hydrogens (tertiary/aromatic N) is 1. The Morgan fingerprint density at radius 1 is 1.21 bits per heavy atom. The number of nitrogens with one attached hydrogen (secondary N) is 1. The molecule has 0 aromatic heterocycles. The van der Waals surface area contributed by atoms with E-state index in [0.29, 0.717) is 12.2 Å². The van der Waals surface area contributed by atoms with Gasteiger partial charge in [-0.3, -0.25) is 4.90 Å². The van der Waals surface area contributed by atoms with Crippen LogP contribution in [0.4, 0.5) is 0 Å². The van der Waals surface area contributed by atoms with E-state index in [1.807, 2.05) is 0 Å². The Kier molecular flexibility index (Phi) is 3.42. The Morgan fingerprint density at radius 3 is 2.43 bits per heavy atom. The monoisotopic (exact) mass is 198 g/mol. The lowest BCUT2D eigenvalue weighted by molar-refractivity contribution is -0.0674. The molecule has 3 heteroatoms. The Bertz CT molecular complexity index is 172. The highest BCUT2D eigenvalue weighted by Crippen LogP contribution is 2.18. The van der Waals surface area contributed by atoms with Crippen LogP contribution >= 0.6 is 0 Å². The van der Waals surface area contributed by atoms with E-state index in [1.165, 1.54) is 19.4 Å². The van der Waals surface area contributed by atoms with E-state index >= 15 is 0 Å². The van der Waals surface area contributed by atoms with E-state index in [-0.39, 0.29) is 0 Å². The molecule has 1 aliphatic carbocycles. The topological polar surface area (TPSA) is 24.5 Å². The molecule has 1 N–H and O–H groups in total. The van der Waals surface area contributed by atoms with Crippen molar-refractivity contribution in [3.05, 3.63) is 0 Å². The number of rotatable bonds is 4. The fourth-order valence-electron chi connectivity index (χ4n) is 2.18. The van der Waals surface area contributed by atoms with E-state index in [4.69, 9.17) is 4.74 Å². The van der Waals surface area contributed by atoms with Crippen LogP contribution in [0.15, 0.2) is 0 Å². The zero-order valence-corrected chi connectivity index (χ0v) is 9.33. The molecule has 1 aliphatic heterocycles. The molecule has 1 heterocycles. The minimum absolute atomic E-state index is 0.402. The van der Waals surface area contributed by atoms with Gasteiger partial charge in [-0.25, -0.2) is 0 Å². The molecular weight excluding hydrogens is 176 g/mol. The van der Waals surface area contributed by atoms with E-state index < -0.39 is 0 Å². The molecule has 82 valence electrons. The van der Waals surface area contributed by atoms with E-state index in [2.05, 4.69) is 24.1 Å². The maximum Gasteiger partial charge on any atom is 0.0678 e. The van der Waals surface area contributed by atoms with Gasteiger partial charge in [-0.05, 0) is 26.7 Å². The highest BCUT2D eigenvalue weighted by atomic mass is 16.5. The zero-order valence-electron chi connectivity index (χ0n) is 9.33. The Hall–Kier alpha value is -0.120. The summed E-state index contributed by atoms with van der Waals surface area (Å²) in [5.74, 6) is 0. The van der Waals surface area contributed by atoms with Gasteiger partial charge in [0.2, 0.25) is 0 Å². The smallest absolute Gasteiger partial charge is 0.0678 e. The van der Waals surface area contributed by atoms with Gasteiger partial charge in [-0.1, -0.05) is 0 Å². The first-order chi connectivity index (χ1) is 6.74. The highest BCUT2D eigenvalue weighted by Gasteiger charge is 2.23. The van der Waals surface area contributed by atoms with E-state index in [1.54, 1.807) is 0 Å². The van der Waals surface area contributed by atoms with Crippen LogP contribution in [0, 0.1) is 0 Å². The molecule has 2 atom stereocenters. The lowest BCUT2D eigenvalue weighted by atomic mass is 10.2. The standard InChI is InChI=1S/C11H22N2O/c1-9-7-13(8-10(2)14-9)6-5-12-11-3-4-11/h9-12H,3-8H2,1-2H3. The Morgan fingerprint density at radius 2 is 1.86 bits per heavy atom. The van der Waals surface area contributed by atoms with Gasteiger partial charge >= 0.3 is 0 Å². The van der Waals surface area contributed by atoms with Crippen LogP contribution < -0.4 is 5.32 Å². The predicted octanol–water partition coefficient (Wildman–Crippen LogP) is 0.848. The lowest BCUT2D eigenvalue weighted by Gasteiger charge is -2.35. The van der Waals surface area contributed by atoms with Crippen LogP contribution in [0.3, 0.4) is 0 Å². The average molecular weight is 198 g/mol. The minimum atomic E-state index is 0.402. The SMILES string of the molecule is CC1CN(CCNC2CC2)CC(C)O1. The van der Waals surface area contributed by atoms with Crippen LogP contribution in [0.2, 0.25) is 0 Å². The van der Waals surface area contributed by atoms with Crippen molar-refractivity contribution in [2.24, 2.45) is 0 Å². The average Bonchev–Trinajstić information content (AvgIpc) is 2.86. The second-order valence-electron chi connectivity index (χ2n) is 4.75. The van der Waals surface area contributed by atoms with Gasteiger partial charge in [-0.15, -0.1) is 0 Å². The maximum atomic E-state index is 5.69. The lowest BCUT2D eigenvalue weighted by Crippen LogP contribution is -2.47. The first-order valence-corrected chi connectivity index (χ1v) is 5.85. The molecule has 0 aromatic carbocycles. The van der Waals surface area contributed by atoms with Crippen molar-refractivity contribution >= 4 is 0 Å². The van der Waals surface area contributed by atoms with Crippen LogP contribution in [-0.4, -0.2) is 49.3 Å². The summed E-state index contributed by atoms with van der Waals surface area (Å²) in [5, 5.41) is 3.55. The zero-order chi connectivity index (χ0) is 9.97. The van der Waals surface area contributed by atoms with Gasteiger partial charge in [-0.2, -0.15) is 0 Å². The van der Waals surface area contributed by atoms with Crippen molar-refractivity contribution in [1.29, 1.82) is 0 Å². The number of morpholine rings is 1. The van der Waals surface area contributed by atoms with Gasteiger partial charge < -0.3 is 10.1 Å². The van der Waals surface area contributed by atoms with E-state index in [0.717, 1.165) is 25.7 Å². The van der Waals surface area contributed by atoms with Crippen molar-refractivity contribution in [1.82, 2.24) is 10.2 Å². The molecule has 0 bridgehead atoms. The van der Waals surface area contributed by atoms with Crippen molar-refractivity contribution in [3.8, 4) is 0 Å². The fraction of sp³-hybridized carbons (Fsp3) is 1.00. The molecule has 3 nitrogen and oxygen atoms in total. The van der Waals surface area contributed by atoms with Crippen molar-refractivity contribution < 1.29 is 4.74 Å². The van der Waals surface area contributed by atoms with E-state index in [9.17, 15) is 0 Å². The second kappa shape index (κ2) is 4.60. The summed E-state index contributed by atoms with van der Waals surface area (Å²) in [6.07, 6.45) is 3.57. The molecule has 0 spiro atoms. The molecule has 2 unspecified atom stereocenters. The molecule has 2 fully saturated rings. The van der Waals surface area contributed by atoms with Gasteiger partial charge in [0, 0.05) is 32.2 Å². The second-order valence-corrected chi connectivity index (χ2v) is 4.75. The molecule has 1 saturated carbocycles. The summed E-state index contributed by atoms with van der Waals surface area (Å²) in [6, 6.07) is 0.839. The predicted molar refractivity (Wildman–Crippen MR) is 57.5 cm³/mol. The third kappa shape index (κ3) is 3.23. The quantitative estimate of drug-likeness (QED) is 0.725. The number of ether oxygens (including phenoxy) is 1. The van der Waals surface area contributed by atoms with Gasteiger partial charge in [0.05, 0.1) is 12.2 Å². The highest BCUT2D eigenvalue weighted by molar-refractivity contribution is 4.81. The normalized spacial score (nSPS) is 34.7. The third-order valence-electron chi connectivity index (χ3n) is 2.93. The van der Waals surface area contributed by atoms with Crippen molar-refractivity contribution in [2.75, 3.05) is 26.2 Å². The summed E-state index contributed by atoms with van der Waals surface area (Å²) >= 11 is 0.